The molecule has 1 amide bonds. The first-order valence-electron chi connectivity index (χ1n) is 7.12. The lowest BCUT2D eigenvalue weighted by Crippen LogP contribution is -2.34. The van der Waals surface area contributed by atoms with Crippen LogP contribution in [0.25, 0.3) is 0 Å². The Bertz CT molecular complexity index is 224. The monoisotopic (exact) mass is 241 g/mol. The Morgan fingerprint density at radius 2 is 2.00 bits per heavy atom. The number of hydrogen-bond acceptors (Lipinski definition) is 2. The standard InChI is InChI=1S/C14H27NO2/c1-3-5-13(6-4-2)14(17)15-9-7-12(11-15)8-10-16/h12-13,16H,3-11H2,1-2H3. The molecule has 1 atom stereocenters. The summed E-state index contributed by atoms with van der Waals surface area (Å²) in [5.41, 5.74) is 0. The summed E-state index contributed by atoms with van der Waals surface area (Å²) >= 11 is 0. The summed E-state index contributed by atoms with van der Waals surface area (Å²) in [7, 11) is 0. The Labute approximate surface area is 105 Å². The molecule has 1 rings (SSSR count). The molecule has 0 aromatic heterocycles. The zero-order valence-electron chi connectivity index (χ0n) is 11.3. The maximum Gasteiger partial charge on any atom is 0.225 e. The SMILES string of the molecule is CCCC(CCC)C(=O)N1CCC(CCO)C1. The lowest BCUT2D eigenvalue weighted by Gasteiger charge is -2.23. The van der Waals surface area contributed by atoms with Gasteiger partial charge in [-0.1, -0.05) is 26.7 Å². The summed E-state index contributed by atoms with van der Waals surface area (Å²) in [5.74, 6) is 1.11. The summed E-state index contributed by atoms with van der Waals surface area (Å²) in [5, 5.41) is 8.93. The lowest BCUT2D eigenvalue weighted by molar-refractivity contribution is -0.135. The third-order valence-corrected chi connectivity index (χ3v) is 3.76. The highest BCUT2D eigenvalue weighted by Crippen LogP contribution is 2.24. The van der Waals surface area contributed by atoms with Crippen molar-refractivity contribution in [1.29, 1.82) is 0 Å². The maximum absolute atomic E-state index is 12.3. The molecule has 1 unspecified atom stereocenters. The number of hydrogen-bond donors (Lipinski definition) is 1. The molecular weight excluding hydrogens is 214 g/mol. The third kappa shape index (κ3) is 4.30. The van der Waals surface area contributed by atoms with Crippen LogP contribution in [-0.2, 0) is 4.79 Å². The number of aliphatic hydroxyl groups is 1. The molecular formula is C14H27NO2. The van der Waals surface area contributed by atoms with Gasteiger partial charge in [0.15, 0.2) is 0 Å². The summed E-state index contributed by atoms with van der Waals surface area (Å²) < 4.78 is 0. The third-order valence-electron chi connectivity index (χ3n) is 3.76. The molecule has 0 aliphatic carbocycles. The summed E-state index contributed by atoms with van der Waals surface area (Å²) in [4.78, 5) is 14.4. The predicted molar refractivity (Wildman–Crippen MR) is 69.7 cm³/mol. The second-order valence-corrected chi connectivity index (χ2v) is 5.23. The number of carbonyl (C=O) groups is 1. The minimum atomic E-state index is 0.234. The van der Waals surface area contributed by atoms with E-state index in [0.29, 0.717) is 11.8 Å². The van der Waals surface area contributed by atoms with Crippen molar-refractivity contribution in [3.63, 3.8) is 0 Å². The molecule has 0 aromatic rings. The number of nitrogens with zero attached hydrogens (tertiary/aromatic N) is 1. The second kappa shape index (κ2) is 7.70. The topological polar surface area (TPSA) is 40.5 Å². The number of carbonyl (C=O) groups excluding carboxylic acids is 1. The van der Waals surface area contributed by atoms with Gasteiger partial charge in [0, 0.05) is 25.6 Å². The highest BCUT2D eigenvalue weighted by Gasteiger charge is 2.29. The van der Waals surface area contributed by atoms with Crippen LogP contribution in [0.5, 0.6) is 0 Å². The van der Waals surface area contributed by atoms with Crippen molar-refractivity contribution >= 4 is 5.91 Å². The van der Waals surface area contributed by atoms with Crippen LogP contribution < -0.4 is 0 Å². The van der Waals surface area contributed by atoms with Crippen LogP contribution in [0.3, 0.4) is 0 Å². The van der Waals surface area contributed by atoms with Crippen LogP contribution in [-0.4, -0.2) is 35.6 Å². The molecule has 1 fully saturated rings. The van der Waals surface area contributed by atoms with Gasteiger partial charge in [-0.05, 0) is 31.6 Å². The quantitative estimate of drug-likeness (QED) is 0.743. The van der Waals surface area contributed by atoms with Gasteiger partial charge in [0.05, 0.1) is 0 Å². The Morgan fingerprint density at radius 3 is 2.53 bits per heavy atom. The van der Waals surface area contributed by atoms with Crippen molar-refractivity contribution in [1.82, 2.24) is 4.90 Å². The molecule has 100 valence electrons. The summed E-state index contributed by atoms with van der Waals surface area (Å²) in [6.07, 6.45) is 6.13. The van der Waals surface area contributed by atoms with Gasteiger partial charge in [0.25, 0.3) is 0 Å². The molecule has 17 heavy (non-hydrogen) atoms. The molecule has 3 heteroatoms. The molecule has 1 saturated heterocycles. The van der Waals surface area contributed by atoms with Crippen LogP contribution in [0.4, 0.5) is 0 Å². The fourth-order valence-corrected chi connectivity index (χ4v) is 2.80. The van der Waals surface area contributed by atoms with Crippen molar-refractivity contribution in [3.05, 3.63) is 0 Å². The minimum Gasteiger partial charge on any atom is -0.396 e. The smallest absolute Gasteiger partial charge is 0.225 e. The van der Waals surface area contributed by atoms with E-state index in [9.17, 15) is 4.79 Å². The molecule has 0 bridgehead atoms. The fourth-order valence-electron chi connectivity index (χ4n) is 2.80. The van der Waals surface area contributed by atoms with Gasteiger partial charge in [-0.2, -0.15) is 0 Å². The van der Waals surface area contributed by atoms with Crippen molar-refractivity contribution in [3.8, 4) is 0 Å². The van der Waals surface area contributed by atoms with Gasteiger partial charge in [0.2, 0.25) is 5.91 Å². The van der Waals surface area contributed by atoms with E-state index in [1.54, 1.807) is 0 Å². The molecule has 3 nitrogen and oxygen atoms in total. The summed E-state index contributed by atoms with van der Waals surface area (Å²) in [6, 6.07) is 0. The predicted octanol–water partition coefficient (Wildman–Crippen LogP) is 2.43. The van der Waals surface area contributed by atoms with E-state index < -0.39 is 0 Å². The van der Waals surface area contributed by atoms with Crippen molar-refractivity contribution in [2.75, 3.05) is 19.7 Å². The average Bonchev–Trinajstić information content (AvgIpc) is 2.77. The van der Waals surface area contributed by atoms with Crippen molar-refractivity contribution < 1.29 is 9.90 Å². The Kier molecular flexibility index (Phi) is 6.56. The number of likely N-dealkylation sites (tertiary alicyclic amines) is 1. The lowest BCUT2D eigenvalue weighted by atomic mass is 9.97. The first-order valence-corrected chi connectivity index (χ1v) is 7.12. The van der Waals surface area contributed by atoms with Gasteiger partial charge in [-0.3, -0.25) is 4.79 Å². The highest BCUT2D eigenvalue weighted by atomic mass is 16.3. The minimum absolute atomic E-state index is 0.234. The zero-order chi connectivity index (χ0) is 12.7. The Balaban J connectivity index is 2.45. The van der Waals surface area contributed by atoms with E-state index >= 15 is 0 Å². The van der Waals surface area contributed by atoms with Gasteiger partial charge in [0.1, 0.15) is 0 Å². The molecule has 0 aromatic carbocycles. The number of aliphatic hydroxyl groups excluding tert-OH is 1. The van der Waals surface area contributed by atoms with E-state index in [4.69, 9.17) is 5.11 Å². The van der Waals surface area contributed by atoms with Crippen molar-refractivity contribution in [2.24, 2.45) is 11.8 Å². The van der Waals surface area contributed by atoms with Gasteiger partial charge in [-0.15, -0.1) is 0 Å². The first kappa shape index (κ1) is 14.5. The van der Waals surface area contributed by atoms with Crippen molar-refractivity contribution in [2.45, 2.75) is 52.4 Å². The van der Waals surface area contributed by atoms with Crippen LogP contribution in [0.2, 0.25) is 0 Å². The average molecular weight is 241 g/mol. The molecule has 1 aliphatic heterocycles. The van der Waals surface area contributed by atoms with Gasteiger partial charge in [-0.25, -0.2) is 0 Å². The van der Waals surface area contributed by atoms with Crippen LogP contribution >= 0.6 is 0 Å². The van der Waals surface area contributed by atoms with Gasteiger partial charge >= 0.3 is 0 Å². The second-order valence-electron chi connectivity index (χ2n) is 5.23. The molecule has 0 saturated carbocycles. The molecule has 0 spiro atoms. The summed E-state index contributed by atoms with van der Waals surface area (Å²) in [6.45, 7) is 6.31. The van der Waals surface area contributed by atoms with Crippen LogP contribution in [0, 0.1) is 11.8 Å². The van der Waals surface area contributed by atoms with E-state index in [1.807, 2.05) is 4.90 Å². The number of rotatable bonds is 7. The largest absolute Gasteiger partial charge is 0.396 e. The van der Waals surface area contributed by atoms with Gasteiger partial charge < -0.3 is 10.0 Å². The molecule has 1 heterocycles. The molecule has 0 radical (unpaired) electrons. The van der Waals surface area contributed by atoms with E-state index in [-0.39, 0.29) is 12.5 Å². The normalized spacial score (nSPS) is 20.2. The number of amides is 1. The zero-order valence-corrected chi connectivity index (χ0v) is 11.3. The maximum atomic E-state index is 12.3. The molecule has 1 N–H and O–H groups in total. The fraction of sp³-hybridized carbons (Fsp3) is 0.929. The molecule has 1 aliphatic rings. The van der Waals surface area contributed by atoms with E-state index in [2.05, 4.69) is 13.8 Å². The Hall–Kier alpha value is -0.570. The Morgan fingerprint density at radius 1 is 1.35 bits per heavy atom. The van der Waals surface area contributed by atoms with E-state index in [1.165, 1.54) is 0 Å². The highest BCUT2D eigenvalue weighted by molar-refractivity contribution is 5.79. The van der Waals surface area contributed by atoms with Crippen LogP contribution in [0.15, 0.2) is 0 Å². The first-order chi connectivity index (χ1) is 8.22. The van der Waals surface area contributed by atoms with E-state index in [0.717, 1.165) is 51.6 Å². The van der Waals surface area contributed by atoms with Crippen LogP contribution in [0.1, 0.15) is 52.4 Å².